The fourth-order valence-electron chi connectivity index (χ4n) is 2.51. The van der Waals surface area contributed by atoms with Gasteiger partial charge in [0.1, 0.15) is 12.9 Å². The van der Waals surface area contributed by atoms with Crippen molar-refractivity contribution in [1.29, 1.82) is 0 Å². The second-order valence-corrected chi connectivity index (χ2v) is 6.48. The van der Waals surface area contributed by atoms with Crippen LogP contribution in [-0.2, 0) is 20.0 Å². The normalized spacial score (nSPS) is 11.3. The lowest BCUT2D eigenvalue weighted by Crippen LogP contribution is -2.37. The molecule has 0 aliphatic heterocycles. The zero-order valence-electron chi connectivity index (χ0n) is 16.2. The quantitative estimate of drug-likeness (QED) is 0.269. The smallest absolute Gasteiger partial charge is 0.191 e. The molecule has 2 rings (SSSR count). The fraction of sp³-hybridized carbons (Fsp3) is 0.526. The number of aromatic nitrogens is 3. The van der Waals surface area contributed by atoms with Crippen LogP contribution in [0.3, 0.4) is 0 Å². The number of nitrogens with one attached hydrogen (secondary N) is 2. The molecule has 0 fully saturated rings. The molecule has 0 aliphatic carbocycles. The molecule has 7 heteroatoms. The summed E-state index contributed by atoms with van der Waals surface area (Å²) in [6.45, 7) is 8.75. The lowest BCUT2D eigenvalue weighted by molar-refractivity contribution is 0.733. The van der Waals surface area contributed by atoms with Gasteiger partial charge in [-0.05, 0) is 36.8 Å². The van der Waals surface area contributed by atoms with Gasteiger partial charge in [0.2, 0.25) is 0 Å². The first-order chi connectivity index (χ1) is 12.1. The van der Waals surface area contributed by atoms with Gasteiger partial charge in [0, 0.05) is 20.1 Å². The maximum absolute atomic E-state index is 4.56. The van der Waals surface area contributed by atoms with Gasteiger partial charge in [-0.1, -0.05) is 38.1 Å². The van der Waals surface area contributed by atoms with Crippen molar-refractivity contribution < 1.29 is 0 Å². The molecular weight excluding hydrogens is 439 g/mol. The molecule has 1 heterocycles. The fourth-order valence-corrected chi connectivity index (χ4v) is 2.51. The molecule has 1 aromatic carbocycles. The Morgan fingerprint density at radius 1 is 1.19 bits per heavy atom. The molecule has 0 bridgehead atoms. The first kappa shape index (κ1) is 22.4. The van der Waals surface area contributed by atoms with Crippen molar-refractivity contribution in [2.24, 2.45) is 12.0 Å². The van der Waals surface area contributed by atoms with E-state index in [0.29, 0.717) is 12.5 Å². The van der Waals surface area contributed by atoms with Crippen molar-refractivity contribution in [2.75, 3.05) is 13.1 Å². The third-order valence-electron chi connectivity index (χ3n) is 4.11. The lowest BCUT2D eigenvalue weighted by atomic mass is 10.0. The van der Waals surface area contributed by atoms with Crippen molar-refractivity contribution in [3.8, 4) is 0 Å². The Labute approximate surface area is 173 Å². The number of aryl methyl sites for hydroxylation is 2. The molecule has 0 radical (unpaired) electrons. The Kier molecular flexibility index (Phi) is 10.2. The minimum Gasteiger partial charge on any atom is -0.357 e. The molecule has 0 spiro atoms. The highest BCUT2D eigenvalue weighted by Crippen LogP contribution is 2.15. The van der Waals surface area contributed by atoms with Gasteiger partial charge < -0.3 is 15.2 Å². The van der Waals surface area contributed by atoms with Crippen LogP contribution in [-0.4, -0.2) is 33.8 Å². The summed E-state index contributed by atoms with van der Waals surface area (Å²) in [5, 5.41) is 14.6. The Morgan fingerprint density at radius 2 is 1.92 bits per heavy atom. The van der Waals surface area contributed by atoms with E-state index in [1.54, 1.807) is 6.33 Å². The van der Waals surface area contributed by atoms with E-state index >= 15 is 0 Å². The van der Waals surface area contributed by atoms with Crippen LogP contribution < -0.4 is 10.6 Å². The maximum Gasteiger partial charge on any atom is 0.191 e. The van der Waals surface area contributed by atoms with E-state index in [-0.39, 0.29) is 24.0 Å². The molecule has 2 aromatic rings. The van der Waals surface area contributed by atoms with E-state index in [1.165, 1.54) is 11.1 Å². The highest BCUT2D eigenvalue weighted by Gasteiger charge is 2.02. The summed E-state index contributed by atoms with van der Waals surface area (Å²) < 4.78 is 1.88. The zero-order valence-corrected chi connectivity index (χ0v) is 18.5. The van der Waals surface area contributed by atoms with Crippen molar-refractivity contribution in [3.63, 3.8) is 0 Å². The molecule has 2 N–H and O–H groups in total. The van der Waals surface area contributed by atoms with Crippen molar-refractivity contribution in [2.45, 2.75) is 46.1 Å². The average molecular weight is 470 g/mol. The van der Waals surface area contributed by atoms with Gasteiger partial charge in [0.15, 0.2) is 11.8 Å². The van der Waals surface area contributed by atoms with Crippen molar-refractivity contribution in [1.82, 2.24) is 25.4 Å². The van der Waals surface area contributed by atoms with Gasteiger partial charge >= 0.3 is 0 Å². The number of aliphatic imine (C=N–C) groups is 1. The highest BCUT2D eigenvalue weighted by molar-refractivity contribution is 14.0. The summed E-state index contributed by atoms with van der Waals surface area (Å²) in [6.07, 6.45) is 3.82. The first-order valence-electron chi connectivity index (χ1n) is 9.04. The van der Waals surface area contributed by atoms with Gasteiger partial charge in [-0.2, -0.15) is 0 Å². The monoisotopic (exact) mass is 470 g/mol. The van der Waals surface area contributed by atoms with Crippen LogP contribution in [0.15, 0.2) is 35.6 Å². The number of guanidine groups is 1. The van der Waals surface area contributed by atoms with E-state index in [1.807, 2.05) is 11.6 Å². The average Bonchev–Trinajstić information content (AvgIpc) is 3.02. The van der Waals surface area contributed by atoms with E-state index in [9.17, 15) is 0 Å². The van der Waals surface area contributed by atoms with Crippen LogP contribution in [0.1, 0.15) is 50.1 Å². The SMILES string of the molecule is CCNC(=NCc1nncn1C)NCCCc1ccc(C(C)C)cc1.I. The molecule has 6 nitrogen and oxygen atoms in total. The van der Waals surface area contributed by atoms with Gasteiger partial charge in [-0.3, -0.25) is 0 Å². The molecule has 0 unspecified atom stereocenters. The van der Waals surface area contributed by atoms with Crippen LogP contribution in [0.5, 0.6) is 0 Å². The van der Waals surface area contributed by atoms with Crippen molar-refractivity contribution >= 4 is 29.9 Å². The predicted octanol–water partition coefficient (Wildman–Crippen LogP) is 3.24. The van der Waals surface area contributed by atoms with E-state index in [4.69, 9.17) is 0 Å². The Hall–Kier alpha value is -1.64. The van der Waals surface area contributed by atoms with E-state index < -0.39 is 0 Å². The van der Waals surface area contributed by atoms with Gasteiger partial charge in [-0.25, -0.2) is 4.99 Å². The van der Waals surface area contributed by atoms with E-state index in [2.05, 4.69) is 70.9 Å². The number of benzene rings is 1. The minimum absolute atomic E-state index is 0. The highest BCUT2D eigenvalue weighted by atomic mass is 127. The number of nitrogens with zero attached hydrogens (tertiary/aromatic N) is 4. The summed E-state index contributed by atoms with van der Waals surface area (Å²) in [7, 11) is 1.93. The van der Waals surface area contributed by atoms with Crippen molar-refractivity contribution in [3.05, 3.63) is 47.5 Å². The molecule has 0 atom stereocenters. The topological polar surface area (TPSA) is 67.1 Å². The van der Waals surface area contributed by atoms with E-state index in [0.717, 1.165) is 37.7 Å². The molecule has 144 valence electrons. The lowest BCUT2D eigenvalue weighted by Gasteiger charge is -2.11. The third kappa shape index (κ3) is 7.31. The summed E-state index contributed by atoms with van der Waals surface area (Å²) in [4.78, 5) is 4.56. The Morgan fingerprint density at radius 3 is 2.50 bits per heavy atom. The Balaban J connectivity index is 0.00000338. The van der Waals surface area contributed by atoms with Crippen LogP contribution in [0.25, 0.3) is 0 Å². The van der Waals surface area contributed by atoms with Crippen LogP contribution in [0.2, 0.25) is 0 Å². The minimum atomic E-state index is 0. The standard InChI is InChI=1S/C19H30N6.HI/c1-5-20-19(22-13-18-24-23-14-25(18)4)21-12-6-7-16-8-10-17(11-9-16)15(2)3;/h8-11,14-15H,5-7,12-13H2,1-4H3,(H2,20,21,22);1H. The van der Waals surface area contributed by atoms with Gasteiger partial charge in [0.25, 0.3) is 0 Å². The van der Waals surface area contributed by atoms with Gasteiger partial charge in [-0.15, -0.1) is 34.2 Å². The second-order valence-electron chi connectivity index (χ2n) is 6.48. The maximum atomic E-state index is 4.56. The second kappa shape index (κ2) is 11.9. The molecular formula is C19H31IN6. The summed E-state index contributed by atoms with van der Waals surface area (Å²) >= 11 is 0. The van der Waals surface area contributed by atoms with Gasteiger partial charge in [0.05, 0.1) is 0 Å². The Bertz CT molecular complexity index is 663. The largest absolute Gasteiger partial charge is 0.357 e. The zero-order chi connectivity index (χ0) is 18.1. The first-order valence-corrected chi connectivity index (χ1v) is 9.04. The number of rotatable bonds is 8. The van der Waals surface area contributed by atoms with Crippen LogP contribution >= 0.6 is 24.0 Å². The predicted molar refractivity (Wildman–Crippen MR) is 118 cm³/mol. The number of hydrogen-bond donors (Lipinski definition) is 2. The third-order valence-corrected chi connectivity index (χ3v) is 4.11. The number of halogens is 1. The number of hydrogen-bond acceptors (Lipinski definition) is 3. The molecule has 26 heavy (non-hydrogen) atoms. The molecule has 0 amide bonds. The molecule has 1 aromatic heterocycles. The summed E-state index contributed by atoms with van der Waals surface area (Å²) in [5.74, 6) is 2.26. The molecule has 0 saturated carbocycles. The molecule has 0 saturated heterocycles. The van der Waals surface area contributed by atoms with Crippen LogP contribution in [0, 0.1) is 0 Å². The summed E-state index contributed by atoms with van der Waals surface area (Å²) in [6, 6.07) is 8.95. The molecule has 0 aliphatic rings. The van der Waals surface area contributed by atoms with Crippen LogP contribution in [0.4, 0.5) is 0 Å². The summed E-state index contributed by atoms with van der Waals surface area (Å²) in [5.41, 5.74) is 2.78.